The predicted octanol–water partition coefficient (Wildman–Crippen LogP) is 4.31. The number of rotatable bonds is 7. The molecule has 40 heavy (non-hydrogen) atoms. The van der Waals surface area contributed by atoms with Crippen LogP contribution in [0.3, 0.4) is 0 Å². The third-order valence-electron chi connectivity index (χ3n) is 7.82. The van der Waals surface area contributed by atoms with Gasteiger partial charge >= 0.3 is 6.18 Å². The molecule has 2 saturated heterocycles. The van der Waals surface area contributed by atoms with E-state index in [9.17, 15) is 18.0 Å². The van der Waals surface area contributed by atoms with E-state index >= 15 is 0 Å². The monoisotopic (exact) mass is 554 g/mol. The highest BCUT2D eigenvalue weighted by Crippen LogP contribution is 2.39. The molecule has 1 amide bonds. The van der Waals surface area contributed by atoms with Crippen molar-refractivity contribution in [2.75, 3.05) is 44.7 Å². The van der Waals surface area contributed by atoms with Gasteiger partial charge in [0.05, 0.1) is 28.8 Å². The van der Waals surface area contributed by atoms with Crippen molar-refractivity contribution in [1.29, 1.82) is 0 Å². The van der Waals surface area contributed by atoms with E-state index in [0.29, 0.717) is 49.9 Å². The Morgan fingerprint density at radius 1 is 1.07 bits per heavy atom. The van der Waals surface area contributed by atoms with Crippen LogP contribution in [0.25, 0.3) is 11.3 Å². The van der Waals surface area contributed by atoms with Crippen molar-refractivity contribution in [2.24, 2.45) is 0 Å². The van der Waals surface area contributed by atoms with E-state index in [0.717, 1.165) is 42.9 Å². The Labute approximate surface area is 231 Å². The van der Waals surface area contributed by atoms with Crippen LogP contribution >= 0.6 is 0 Å². The van der Waals surface area contributed by atoms with E-state index in [2.05, 4.69) is 20.2 Å². The molecule has 0 bridgehead atoms. The first-order chi connectivity index (χ1) is 19.2. The molecule has 0 aliphatic carbocycles. The van der Waals surface area contributed by atoms with Crippen molar-refractivity contribution in [2.45, 2.75) is 43.8 Å². The number of amides is 1. The maximum Gasteiger partial charge on any atom is 0.417 e. The first-order valence-corrected chi connectivity index (χ1v) is 13.5. The Morgan fingerprint density at radius 2 is 1.88 bits per heavy atom. The number of piperidine rings is 1. The van der Waals surface area contributed by atoms with Crippen LogP contribution in [0.4, 0.5) is 19.0 Å². The molecular formula is C29H33F3N6O2. The average molecular weight is 555 g/mol. The normalized spacial score (nSPS) is 19.4. The Hall–Kier alpha value is -3.73. The second-order valence-electron chi connectivity index (χ2n) is 10.4. The molecule has 2 aliphatic rings. The molecular weight excluding hydrogens is 521 g/mol. The van der Waals surface area contributed by atoms with Gasteiger partial charge in [0.1, 0.15) is 5.82 Å². The van der Waals surface area contributed by atoms with Gasteiger partial charge in [0.25, 0.3) is 0 Å². The zero-order valence-corrected chi connectivity index (χ0v) is 22.6. The topological polar surface area (TPSA) is 83.5 Å². The van der Waals surface area contributed by atoms with Crippen LogP contribution in [0.2, 0.25) is 0 Å². The smallest absolute Gasteiger partial charge is 0.417 e. The van der Waals surface area contributed by atoms with Crippen LogP contribution in [0.15, 0.2) is 55.0 Å². The number of carbonyl (C=O) groups excluding carboxylic acids is 1. The third-order valence-corrected chi connectivity index (χ3v) is 7.82. The minimum Gasteiger partial charge on any atom is -0.477 e. The number of anilines is 1. The van der Waals surface area contributed by atoms with Gasteiger partial charge in [-0.15, -0.1) is 0 Å². The van der Waals surface area contributed by atoms with Gasteiger partial charge < -0.3 is 19.9 Å². The summed E-state index contributed by atoms with van der Waals surface area (Å²) in [5.41, 5.74) is 0.663. The number of halogens is 3. The van der Waals surface area contributed by atoms with E-state index in [4.69, 9.17) is 9.72 Å². The largest absolute Gasteiger partial charge is 0.477 e. The molecule has 1 atom stereocenters. The van der Waals surface area contributed by atoms with Gasteiger partial charge in [-0.2, -0.15) is 13.2 Å². The van der Waals surface area contributed by atoms with Gasteiger partial charge in [-0.3, -0.25) is 9.78 Å². The van der Waals surface area contributed by atoms with Gasteiger partial charge in [-0.05, 0) is 75.7 Å². The fourth-order valence-corrected chi connectivity index (χ4v) is 5.56. The summed E-state index contributed by atoms with van der Waals surface area (Å²) in [7, 11) is 2.04. The van der Waals surface area contributed by atoms with Crippen molar-refractivity contribution in [3.8, 4) is 17.1 Å². The van der Waals surface area contributed by atoms with Gasteiger partial charge in [-0.1, -0.05) is 6.07 Å². The van der Waals surface area contributed by atoms with Crippen molar-refractivity contribution in [3.05, 3.63) is 66.1 Å². The van der Waals surface area contributed by atoms with Gasteiger partial charge in [-0.25, -0.2) is 9.97 Å². The van der Waals surface area contributed by atoms with Crippen LogP contribution in [-0.2, 0) is 16.4 Å². The standard InChI is InChI=1S/C29H33F3N6O2/c1-3-40-26-23(5-4-13-33-26)24-8-6-20(17-34-24)28(27(39)36-22-10-14-37(2)19-22)11-15-38(16-12-28)25-9-7-21(18-35-25)29(30,31)32/h4-9,13,17-18,22H,3,10-12,14-16,19H2,1-2H3,(H,36,39)/t22-/m0/s1. The number of alkyl halides is 3. The lowest BCUT2D eigenvalue weighted by Gasteiger charge is -2.42. The summed E-state index contributed by atoms with van der Waals surface area (Å²) >= 11 is 0. The molecule has 2 aliphatic heterocycles. The molecule has 212 valence electrons. The van der Waals surface area contributed by atoms with E-state index in [1.807, 2.05) is 43.1 Å². The number of likely N-dealkylation sites (tertiary alicyclic amines) is 1. The molecule has 0 spiro atoms. The molecule has 3 aromatic heterocycles. The highest BCUT2D eigenvalue weighted by molar-refractivity contribution is 5.89. The van der Waals surface area contributed by atoms with Crippen LogP contribution in [-0.4, -0.2) is 71.6 Å². The molecule has 2 fully saturated rings. The fourth-order valence-electron chi connectivity index (χ4n) is 5.56. The Bertz CT molecular complexity index is 1310. The van der Waals surface area contributed by atoms with Gasteiger partial charge in [0.15, 0.2) is 0 Å². The Morgan fingerprint density at radius 3 is 2.48 bits per heavy atom. The molecule has 5 rings (SSSR count). The molecule has 0 radical (unpaired) electrons. The summed E-state index contributed by atoms with van der Waals surface area (Å²) in [6, 6.07) is 10.1. The number of carbonyl (C=O) groups is 1. The number of pyridine rings is 3. The zero-order chi connectivity index (χ0) is 28.3. The number of nitrogens with one attached hydrogen (secondary N) is 1. The minimum atomic E-state index is -4.44. The second-order valence-corrected chi connectivity index (χ2v) is 10.4. The molecule has 8 nitrogen and oxygen atoms in total. The lowest BCUT2D eigenvalue weighted by Crippen LogP contribution is -2.54. The summed E-state index contributed by atoms with van der Waals surface area (Å²) in [5.74, 6) is 0.923. The van der Waals surface area contributed by atoms with E-state index in [-0.39, 0.29) is 11.9 Å². The lowest BCUT2D eigenvalue weighted by molar-refractivity contribution is -0.137. The van der Waals surface area contributed by atoms with Crippen molar-refractivity contribution < 1.29 is 22.7 Å². The first-order valence-electron chi connectivity index (χ1n) is 13.5. The van der Waals surface area contributed by atoms with Crippen molar-refractivity contribution in [1.82, 2.24) is 25.2 Å². The molecule has 3 aromatic rings. The van der Waals surface area contributed by atoms with Crippen LogP contribution in [0.1, 0.15) is 37.3 Å². The summed E-state index contributed by atoms with van der Waals surface area (Å²) in [6.07, 6.45) is 1.68. The fraction of sp³-hybridized carbons (Fsp3) is 0.448. The summed E-state index contributed by atoms with van der Waals surface area (Å²) in [5, 5.41) is 3.27. The number of hydrogen-bond acceptors (Lipinski definition) is 7. The molecule has 0 saturated carbocycles. The average Bonchev–Trinajstić information content (AvgIpc) is 3.37. The second kappa shape index (κ2) is 11.4. The van der Waals surface area contributed by atoms with Crippen LogP contribution < -0.4 is 15.0 Å². The summed E-state index contributed by atoms with van der Waals surface area (Å²) < 4.78 is 44.7. The molecule has 0 unspecified atom stereocenters. The highest BCUT2D eigenvalue weighted by Gasteiger charge is 2.44. The highest BCUT2D eigenvalue weighted by atomic mass is 19.4. The van der Waals surface area contributed by atoms with Crippen molar-refractivity contribution in [3.63, 3.8) is 0 Å². The van der Waals surface area contributed by atoms with Gasteiger partial charge in [0.2, 0.25) is 11.8 Å². The van der Waals surface area contributed by atoms with Crippen molar-refractivity contribution >= 4 is 11.7 Å². The van der Waals surface area contributed by atoms with E-state index < -0.39 is 17.2 Å². The van der Waals surface area contributed by atoms with Crippen LogP contribution in [0, 0.1) is 0 Å². The van der Waals surface area contributed by atoms with Gasteiger partial charge in [0, 0.05) is 44.3 Å². The lowest BCUT2D eigenvalue weighted by atomic mass is 9.72. The number of nitrogens with zero attached hydrogens (tertiary/aromatic N) is 5. The number of aromatic nitrogens is 3. The zero-order valence-electron chi connectivity index (χ0n) is 22.6. The molecule has 5 heterocycles. The predicted molar refractivity (Wildman–Crippen MR) is 145 cm³/mol. The molecule has 0 aromatic carbocycles. The maximum atomic E-state index is 13.9. The Kier molecular flexibility index (Phi) is 7.93. The first kappa shape index (κ1) is 27.8. The number of likely N-dealkylation sites (N-methyl/N-ethyl adjacent to an activating group) is 1. The maximum absolute atomic E-state index is 13.9. The van der Waals surface area contributed by atoms with Crippen LogP contribution in [0.5, 0.6) is 5.88 Å². The minimum absolute atomic E-state index is 0.0428. The number of ether oxygens (including phenoxy) is 1. The quantitative estimate of drug-likeness (QED) is 0.466. The molecule has 11 heteroatoms. The number of hydrogen-bond donors (Lipinski definition) is 1. The Balaban J connectivity index is 1.40. The molecule has 1 N–H and O–H groups in total. The summed E-state index contributed by atoms with van der Waals surface area (Å²) in [4.78, 5) is 31.1. The SMILES string of the molecule is CCOc1ncccc1-c1ccc(C2(C(=O)N[C@H]3CCN(C)C3)CCN(c3ccc(C(F)(F)F)cn3)CC2)cn1. The summed E-state index contributed by atoms with van der Waals surface area (Å²) in [6.45, 7) is 5.03. The van der Waals surface area contributed by atoms with E-state index in [1.165, 1.54) is 6.07 Å². The van der Waals surface area contributed by atoms with E-state index in [1.54, 1.807) is 12.4 Å². The third kappa shape index (κ3) is 5.74.